The predicted molar refractivity (Wildman–Crippen MR) is 93.7 cm³/mol. The van der Waals surface area contributed by atoms with Gasteiger partial charge in [-0.2, -0.15) is 0 Å². The van der Waals surface area contributed by atoms with E-state index in [2.05, 4.69) is 10.3 Å². The molecule has 0 bridgehead atoms. The highest BCUT2D eigenvalue weighted by Gasteiger charge is 2.33. The summed E-state index contributed by atoms with van der Waals surface area (Å²) in [5.41, 5.74) is 1.49. The van der Waals surface area contributed by atoms with Crippen LogP contribution >= 0.6 is 11.6 Å². The SMILES string of the molecule is COc1ccc(NC2=C(Cl)C(=O)c3nc(C)ccc3C2=O)cc1OC. The molecule has 0 aliphatic heterocycles. The van der Waals surface area contributed by atoms with Crippen LogP contribution in [-0.4, -0.2) is 30.8 Å². The number of ether oxygens (including phenoxy) is 2. The van der Waals surface area contributed by atoms with Crippen LogP contribution in [0.25, 0.3) is 0 Å². The van der Waals surface area contributed by atoms with Gasteiger partial charge in [-0.05, 0) is 31.2 Å². The first kappa shape index (κ1) is 17.0. The van der Waals surface area contributed by atoms with Crippen molar-refractivity contribution in [2.45, 2.75) is 6.92 Å². The number of halogens is 1. The topological polar surface area (TPSA) is 77.5 Å². The summed E-state index contributed by atoms with van der Waals surface area (Å²) in [7, 11) is 3.03. The highest BCUT2D eigenvalue weighted by Crippen LogP contribution is 2.33. The van der Waals surface area contributed by atoms with Gasteiger partial charge in [-0.15, -0.1) is 0 Å². The molecule has 6 nitrogen and oxygen atoms in total. The van der Waals surface area contributed by atoms with E-state index in [0.29, 0.717) is 22.9 Å². The van der Waals surface area contributed by atoms with Crippen molar-refractivity contribution >= 4 is 28.9 Å². The Bertz CT molecular complexity index is 921. The van der Waals surface area contributed by atoms with Crippen LogP contribution in [0.5, 0.6) is 11.5 Å². The van der Waals surface area contributed by atoms with E-state index in [4.69, 9.17) is 21.1 Å². The summed E-state index contributed by atoms with van der Waals surface area (Å²) in [6.07, 6.45) is 0. The van der Waals surface area contributed by atoms with Crippen molar-refractivity contribution in [3.63, 3.8) is 0 Å². The number of hydrogen-bond donors (Lipinski definition) is 1. The van der Waals surface area contributed by atoms with Crippen LogP contribution in [-0.2, 0) is 0 Å². The number of hydrogen-bond acceptors (Lipinski definition) is 6. The summed E-state index contributed by atoms with van der Waals surface area (Å²) in [5, 5.41) is 2.72. The van der Waals surface area contributed by atoms with Crippen LogP contribution in [0.15, 0.2) is 41.1 Å². The van der Waals surface area contributed by atoms with Crippen LogP contribution in [0, 0.1) is 6.92 Å². The molecule has 0 amide bonds. The Hall–Kier alpha value is -2.86. The molecular weight excluding hydrogens is 344 g/mol. The third kappa shape index (κ3) is 2.96. The maximum absolute atomic E-state index is 12.7. The van der Waals surface area contributed by atoms with Gasteiger partial charge in [0.05, 0.1) is 19.8 Å². The minimum atomic E-state index is -0.483. The maximum atomic E-state index is 12.7. The van der Waals surface area contributed by atoms with Gasteiger partial charge in [-0.3, -0.25) is 9.59 Å². The molecule has 2 aromatic rings. The molecule has 25 heavy (non-hydrogen) atoms. The number of benzene rings is 1. The normalized spacial score (nSPS) is 13.6. The molecule has 0 radical (unpaired) electrons. The van der Waals surface area contributed by atoms with E-state index in [1.165, 1.54) is 14.2 Å². The van der Waals surface area contributed by atoms with Crippen molar-refractivity contribution < 1.29 is 19.1 Å². The second-order valence-electron chi connectivity index (χ2n) is 5.39. The lowest BCUT2D eigenvalue weighted by molar-refractivity contribution is 0.0978. The van der Waals surface area contributed by atoms with E-state index in [1.807, 2.05) is 0 Å². The molecule has 1 heterocycles. The summed E-state index contributed by atoms with van der Waals surface area (Å²) >= 11 is 6.14. The first-order valence-corrected chi connectivity index (χ1v) is 7.80. The first-order valence-electron chi connectivity index (χ1n) is 7.42. The third-order valence-corrected chi connectivity index (χ3v) is 4.15. The second kappa shape index (κ2) is 6.57. The van der Waals surface area contributed by atoms with Crippen molar-refractivity contribution in [3.8, 4) is 11.5 Å². The molecule has 1 aliphatic rings. The van der Waals surface area contributed by atoms with Gasteiger partial charge < -0.3 is 14.8 Å². The number of nitrogens with zero attached hydrogens (tertiary/aromatic N) is 1. The minimum absolute atomic E-state index is 0.0111. The van der Waals surface area contributed by atoms with E-state index in [1.54, 1.807) is 37.3 Å². The van der Waals surface area contributed by atoms with Gasteiger partial charge in [0.2, 0.25) is 11.6 Å². The molecule has 0 fully saturated rings. The molecule has 0 atom stereocenters. The highest BCUT2D eigenvalue weighted by atomic mass is 35.5. The fraction of sp³-hybridized carbons (Fsp3) is 0.167. The lowest BCUT2D eigenvalue weighted by Gasteiger charge is -2.19. The van der Waals surface area contributed by atoms with Crippen LogP contribution in [0.2, 0.25) is 0 Å². The number of anilines is 1. The average molecular weight is 359 g/mol. The number of ketones is 2. The predicted octanol–water partition coefficient (Wildman–Crippen LogP) is 3.35. The first-order chi connectivity index (χ1) is 12.0. The third-order valence-electron chi connectivity index (χ3n) is 3.79. The molecule has 0 spiro atoms. The summed E-state index contributed by atoms with van der Waals surface area (Å²) in [4.78, 5) is 29.3. The number of nitrogens with one attached hydrogen (secondary N) is 1. The van der Waals surface area contributed by atoms with Crippen LogP contribution in [0.1, 0.15) is 26.5 Å². The van der Waals surface area contributed by atoms with Gasteiger partial charge in [0.25, 0.3) is 0 Å². The number of carbonyl (C=O) groups excluding carboxylic acids is 2. The van der Waals surface area contributed by atoms with Gasteiger partial charge >= 0.3 is 0 Å². The number of pyridine rings is 1. The van der Waals surface area contributed by atoms with Gasteiger partial charge in [0.1, 0.15) is 16.4 Å². The molecule has 1 N–H and O–H groups in total. The number of aromatic nitrogens is 1. The summed E-state index contributed by atoms with van der Waals surface area (Å²) in [5.74, 6) is 0.158. The zero-order valence-corrected chi connectivity index (χ0v) is 14.6. The van der Waals surface area contributed by atoms with Crippen molar-refractivity contribution in [3.05, 3.63) is 58.0 Å². The summed E-state index contributed by atoms with van der Waals surface area (Å²) in [6, 6.07) is 8.29. The zero-order valence-electron chi connectivity index (χ0n) is 13.8. The van der Waals surface area contributed by atoms with E-state index in [9.17, 15) is 9.59 Å². The Morgan fingerprint density at radius 1 is 1.00 bits per heavy atom. The molecular formula is C18H15ClN2O4. The van der Waals surface area contributed by atoms with E-state index < -0.39 is 5.78 Å². The van der Waals surface area contributed by atoms with Gasteiger partial charge in [-0.25, -0.2) is 4.98 Å². The molecule has 3 rings (SSSR count). The van der Waals surface area contributed by atoms with Crippen molar-refractivity contribution in [2.75, 3.05) is 19.5 Å². The molecule has 0 unspecified atom stereocenters. The van der Waals surface area contributed by atoms with E-state index in [-0.39, 0.29) is 27.8 Å². The lowest BCUT2D eigenvalue weighted by Crippen LogP contribution is -2.25. The smallest absolute Gasteiger partial charge is 0.225 e. The Kier molecular flexibility index (Phi) is 4.46. The molecule has 0 saturated carbocycles. The summed E-state index contributed by atoms with van der Waals surface area (Å²) < 4.78 is 10.4. The zero-order chi connectivity index (χ0) is 18.1. The van der Waals surface area contributed by atoms with E-state index in [0.717, 1.165) is 0 Å². The number of allylic oxidation sites excluding steroid dienone is 2. The molecule has 1 aromatic heterocycles. The Morgan fingerprint density at radius 2 is 1.72 bits per heavy atom. The van der Waals surface area contributed by atoms with Crippen LogP contribution in [0.4, 0.5) is 5.69 Å². The lowest BCUT2D eigenvalue weighted by atomic mass is 9.96. The summed E-state index contributed by atoms with van der Waals surface area (Å²) in [6.45, 7) is 1.74. The Balaban J connectivity index is 2.01. The monoisotopic (exact) mass is 358 g/mol. The highest BCUT2D eigenvalue weighted by molar-refractivity contribution is 6.50. The van der Waals surface area contributed by atoms with Crippen molar-refractivity contribution in [2.24, 2.45) is 0 Å². The van der Waals surface area contributed by atoms with Gasteiger partial charge in [0.15, 0.2) is 11.5 Å². The molecule has 1 aromatic carbocycles. The number of methoxy groups -OCH3 is 2. The maximum Gasteiger partial charge on any atom is 0.225 e. The van der Waals surface area contributed by atoms with Gasteiger partial charge in [-0.1, -0.05) is 11.6 Å². The second-order valence-corrected chi connectivity index (χ2v) is 5.77. The largest absolute Gasteiger partial charge is 0.493 e. The minimum Gasteiger partial charge on any atom is -0.493 e. The fourth-order valence-electron chi connectivity index (χ4n) is 2.53. The molecule has 128 valence electrons. The van der Waals surface area contributed by atoms with Crippen molar-refractivity contribution in [1.29, 1.82) is 0 Å². The number of fused-ring (bicyclic) bond motifs is 1. The van der Waals surface area contributed by atoms with Crippen molar-refractivity contribution in [1.82, 2.24) is 4.98 Å². The molecule has 7 heteroatoms. The number of aryl methyl sites for hydroxylation is 1. The quantitative estimate of drug-likeness (QED) is 0.903. The standard InChI is InChI=1S/C18H15ClN2O4/c1-9-4-6-11-15(20-9)18(23)14(19)16(17(11)22)21-10-5-7-12(24-2)13(8-10)25-3/h4-8,21H,1-3H3. The number of Topliss-reactive ketones (excluding diaryl/α,β-unsaturated/α-hetero) is 2. The van der Waals surface area contributed by atoms with Gasteiger partial charge in [0, 0.05) is 17.4 Å². The Labute approximate surface area is 149 Å². The Morgan fingerprint density at radius 3 is 2.40 bits per heavy atom. The average Bonchev–Trinajstić information content (AvgIpc) is 2.63. The molecule has 0 saturated heterocycles. The van der Waals surface area contributed by atoms with Crippen LogP contribution < -0.4 is 14.8 Å². The van der Waals surface area contributed by atoms with Crippen LogP contribution in [0.3, 0.4) is 0 Å². The molecule has 1 aliphatic carbocycles. The number of carbonyl (C=O) groups is 2. The fourth-order valence-corrected chi connectivity index (χ4v) is 2.76. The van der Waals surface area contributed by atoms with E-state index >= 15 is 0 Å². The number of rotatable bonds is 4.